The largest absolute Gasteiger partial charge is 0.503 e. The van der Waals surface area contributed by atoms with Crippen LogP contribution in [-0.2, 0) is 4.74 Å². The van der Waals surface area contributed by atoms with E-state index in [1.807, 2.05) is 31.6 Å². The van der Waals surface area contributed by atoms with Gasteiger partial charge in [-0.15, -0.1) is 0 Å². The van der Waals surface area contributed by atoms with Crippen molar-refractivity contribution in [2.75, 3.05) is 37.6 Å². The van der Waals surface area contributed by atoms with E-state index in [9.17, 15) is 27.9 Å². The Bertz CT molecular complexity index is 1470. The van der Waals surface area contributed by atoms with Gasteiger partial charge in [0.1, 0.15) is 5.60 Å². The molecule has 0 atom stereocenters. The van der Waals surface area contributed by atoms with Crippen molar-refractivity contribution < 1.29 is 32.6 Å². The minimum absolute atomic E-state index is 0.135. The summed E-state index contributed by atoms with van der Waals surface area (Å²) in [6, 6.07) is 6.90. The first kappa shape index (κ1) is 29.5. The predicted molar refractivity (Wildman–Crippen MR) is 151 cm³/mol. The molecular weight excluding hydrogens is 551 g/mol. The van der Waals surface area contributed by atoms with Crippen LogP contribution in [0.15, 0.2) is 30.5 Å². The van der Waals surface area contributed by atoms with Crippen LogP contribution in [0.3, 0.4) is 0 Å². The van der Waals surface area contributed by atoms with Crippen LogP contribution < -0.4 is 10.2 Å². The summed E-state index contributed by atoms with van der Waals surface area (Å²) >= 11 is 0. The number of nitrogens with zero attached hydrogens (tertiary/aromatic N) is 4. The Morgan fingerprint density at radius 3 is 2.38 bits per heavy atom. The Morgan fingerprint density at radius 2 is 1.71 bits per heavy atom. The minimum atomic E-state index is -1.78. The van der Waals surface area contributed by atoms with E-state index in [-0.39, 0.29) is 24.6 Å². The van der Waals surface area contributed by atoms with Crippen LogP contribution in [-0.4, -0.2) is 70.1 Å². The number of benzene rings is 2. The second-order valence-electron chi connectivity index (χ2n) is 12.1. The molecule has 12 heteroatoms. The molecule has 0 radical (unpaired) electrons. The fourth-order valence-corrected chi connectivity index (χ4v) is 5.58. The highest BCUT2D eigenvalue weighted by Crippen LogP contribution is 2.33. The number of halogens is 3. The van der Waals surface area contributed by atoms with Crippen molar-refractivity contribution in [2.45, 2.75) is 58.1 Å². The third kappa shape index (κ3) is 6.42. The van der Waals surface area contributed by atoms with E-state index in [1.54, 1.807) is 4.90 Å². The molecule has 2 amide bonds. The zero-order chi connectivity index (χ0) is 30.2. The van der Waals surface area contributed by atoms with E-state index in [4.69, 9.17) is 9.84 Å². The van der Waals surface area contributed by atoms with Gasteiger partial charge >= 0.3 is 6.09 Å². The lowest BCUT2D eigenvalue weighted by molar-refractivity contribution is 0.0240. The maximum absolute atomic E-state index is 14.0. The fraction of sp³-hybridized carbons (Fsp3) is 0.500. The highest BCUT2D eigenvalue weighted by Gasteiger charge is 2.28. The third-order valence-corrected chi connectivity index (χ3v) is 7.93. The first-order valence-corrected chi connectivity index (χ1v) is 14.3. The molecule has 0 bridgehead atoms. The molecule has 2 heterocycles. The summed E-state index contributed by atoms with van der Waals surface area (Å²) in [6.07, 6.45) is 5.04. The average molecular weight is 588 g/mol. The summed E-state index contributed by atoms with van der Waals surface area (Å²) < 4.78 is 48.7. The van der Waals surface area contributed by atoms with Crippen molar-refractivity contribution >= 4 is 28.6 Å². The molecule has 3 aromatic rings. The van der Waals surface area contributed by atoms with Gasteiger partial charge in [0.05, 0.1) is 17.1 Å². The Hall–Kier alpha value is -3.96. The molecular formula is C30H36F3N5O4. The quantitative estimate of drug-likeness (QED) is 0.389. The molecule has 1 aromatic heterocycles. The van der Waals surface area contributed by atoms with Gasteiger partial charge in [0.2, 0.25) is 5.82 Å². The number of piperazine rings is 1. The topological polar surface area (TPSA) is 99.9 Å². The summed E-state index contributed by atoms with van der Waals surface area (Å²) in [5, 5.41) is 17.6. The molecule has 1 saturated heterocycles. The van der Waals surface area contributed by atoms with E-state index >= 15 is 0 Å². The lowest BCUT2D eigenvalue weighted by Gasteiger charge is -2.36. The summed E-state index contributed by atoms with van der Waals surface area (Å²) in [7, 11) is 0. The summed E-state index contributed by atoms with van der Waals surface area (Å²) in [6.45, 7) is 8.41. The van der Waals surface area contributed by atoms with E-state index in [0.29, 0.717) is 32.2 Å². The van der Waals surface area contributed by atoms with Gasteiger partial charge in [-0.3, -0.25) is 9.48 Å². The monoisotopic (exact) mass is 587 g/mol. The first-order valence-electron chi connectivity index (χ1n) is 14.3. The number of hydrogen-bond acceptors (Lipinski definition) is 6. The van der Waals surface area contributed by atoms with Crippen LogP contribution >= 0.6 is 0 Å². The molecule has 226 valence electrons. The third-order valence-electron chi connectivity index (χ3n) is 7.93. The zero-order valence-electron chi connectivity index (χ0n) is 24.0. The number of aromatic hydroxyl groups is 1. The van der Waals surface area contributed by atoms with E-state index in [1.165, 1.54) is 0 Å². The van der Waals surface area contributed by atoms with Gasteiger partial charge < -0.3 is 25.0 Å². The lowest BCUT2D eigenvalue weighted by atomic mass is 9.86. The molecule has 2 aromatic carbocycles. The summed E-state index contributed by atoms with van der Waals surface area (Å²) in [5.41, 5.74) is 0.656. The van der Waals surface area contributed by atoms with Gasteiger partial charge in [-0.1, -0.05) is 0 Å². The Balaban J connectivity index is 1.13. The standard InChI is InChI=1S/C30H36F3N5O4/c1-30(2,3)42-29(41)37-12-10-36(11-13-37)21-9-6-19-17-38(35-24(19)14-21)20-7-4-18(5-8-20)16-34-28(40)22-15-23(31)27(39)26(33)25(22)32/h6,9,14-15,17-18,20,39H,4-5,7-8,10-13,16H2,1-3H3,(H,34,40)/t18-,20-. The molecule has 9 nitrogen and oxygen atoms in total. The van der Waals surface area contributed by atoms with E-state index in [0.717, 1.165) is 42.3 Å². The minimum Gasteiger partial charge on any atom is -0.503 e. The van der Waals surface area contributed by atoms with Crippen molar-refractivity contribution in [3.8, 4) is 5.75 Å². The Morgan fingerprint density at radius 1 is 1.02 bits per heavy atom. The van der Waals surface area contributed by atoms with Gasteiger partial charge in [0, 0.05) is 50.0 Å². The normalized spacial score (nSPS) is 19.7. The van der Waals surface area contributed by atoms with Crippen molar-refractivity contribution in [3.63, 3.8) is 0 Å². The van der Waals surface area contributed by atoms with Crippen LogP contribution in [0.25, 0.3) is 10.9 Å². The number of aromatic nitrogens is 2. The summed E-state index contributed by atoms with van der Waals surface area (Å²) in [4.78, 5) is 28.7. The highest BCUT2D eigenvalue weighted by atomic mass is 19.2. The number of carbonyl (C=O) groups is 2. The summed E-state index contributed by atoms with van der Waals surface area (Å²) in [5.74, 6) is -6.97. The number of hydrogen-bond donors (Lipinski definition) is 2. The number of rotatable bonds is 5. The van der Waals surface area contributed by atoms with Crippen molar-refractivity contribution in [1.29, 1.82) is 0 Å². The van der Waals surface area contributed by atoms with Gasteiger partial charge in [0.25, 0.3) is 5.91 Å². The molecule has 42 heavy (non-hydrogen) atoms. The average Bonchev–Trinajstić information content (AvgIpc) is 3.40. The zero-order valence-corrected chi connectivity index (χ0v) is 24.0. The molecule has 0 spiro atoms. The molecule has 1 aliphatic heterocycles. The van der Waals surface area contributed by atoms with Crippen LogP contribution in [0.4, 0.5) is 23.7 Å². The second kappa shape index (κ2) is 11.7. The molecule has 1 aliphatic carbocycles. The van der Waals surface area contributed by atoms with Crippen LogP contribution in [0, 0.1) is 23.4 Å². The number of carbonyl (C=O) groups excluding carboxylic acids is 2. The highest BCUT2D eigenvalue weighted by molar-refractivity contribution is 5.94. The molecule has 2 aliphatic rings. The molecule has 0 unspecified atom stereocenters. The van der Waals surface area contributed by atoms with Crippen molar-refractivity contribution in [1.82, 2.24) is 20.0 Å². The van der Waals surface area contributed by atoms with Gasteiger partial charge in [-0.05, 0) is 76.6 Å². The van der Waals surface area contributed by atoms with Crippen molar-refractivity contribution in [3.05, 3.63) is 53.5 Å². The maximum Gasteiger partial charge on any atom is 0.410 e. The molecule has 2 fully saturated rings. The van der Waals surface area contributed by atoms with Crippen LogP contribution in [0.5, 0.6) is 5.75 Å². The number of phenols is 1. The maximum atomic E-state index is 14.0. The number of fused-ring (bicyclic) bond motifs is 1. The lowest BCUT2D eigenvalue weighted by Crippen LogP contribution is -2.50. The Kier molecular flexibility index (Phi) is 8.25. The van der Waals surface area contributed by atoms with E-state index in [2.05, 4.69) is 28.4 Å². The number of ether oxygens (including phenoxy) is 1. The SMILES string of the molecule is CC(C)(C)OC(=O)N1CCN(c2ccc3cn([C@H]4CC[C@H](CNC(=O)c5cc(F)c(O)c(F)c5F)CC4)nc3c2)CC1. The number of anilines is 1. The molecule has 1 saturated carbocycles. The predicted octanol–water partition coefficient (Wildman–Crippen LogP) is 5.38. The van der Waals surface area contributed by atoms with E-state index < -0.39 is 40.3 Å². The smallest absolute Gasteiger partial charge is 0.410 e. The van der Waals surface area contributed by atoms with Gasteiger partial charge in [-0.2, -0.15) is 9.49 Å². The number of phenolic OH excluding ortho intramolecular Hbond substituents is 1. The number of nitrogens with one attached hydrogen (secondary N) is 1. The van der Waals surface area contributed by atoms with Crippen molar-refractivity contribution in [2.24, 2.45) is 5.92 Å². The Labute approximate surface area is 242 Å². The first-order chi connectivity index (χ1) is 19.9. The number of amides is 2. The fourth-order valence-electron chi connectivity index (χ4n) is 5.58. The van der Waals surface area contributed by atoms with Gasteiger partial charge in [-0.25, -0.2) is 13.6 Å². The molecule has 2 N–H and O–H groups in total. The van der Waals surface area contributed by atoms with Crippen LogP contribution in [0.2, 0.25) is 0 Å². The van der Waals surface area contributed by atoms with Crippen LogP contribution in [0.1, 0.15) is 62.9 Å². The van der Waals surface area contributed by atoms with Gasteiger partial charge in [0.15, 0.2) is 17.4 Å². The second-order valence-corrected chi connectivity index (χ2v) is 12.1. The molecule has 5 rings (SSSR count).